The van der Waals surface area contributed by atoms with Crippen LogP contribution in [0.15, 0.2) is 16.6 Å². The van der Waals surface area contributed by atoms with Crippen LogP contribution in [-0.4, -0.2) is 20.8 Å². The van der Waals surface area contributed by atoms with Crippen molar-refractivity contribution in [3.8, 4) is 11.5 Å². The first kappa shape index (κ1) is 13.6. The van der Waals surface area contributed by atoms with Crippen LogP contribution in [0.25, 0.3) is 0 Å². The summed E-state index contributed by atoms with van der Waals surface area (Å²) in [6.07, 6.45) is 1.75. The number of ether oxygens (including phenoxy) is 2. The average Bonchev–Trinajstić information content (AvgIpc) is 3.22. The summed E-state index contributed by atoms with van der Waals surface area (Å²) in [5.41, 5.74) is 4.64. The van der Waals surface area contributed by atoms with Gasteiger partial charge < -0.3 is 15.2 Å². The Bertz CT molecular complexity index is 451. The first-order valence-corrected chi connectivity index (χ1v) is 6.67. The summed E-state index contributed by atoms with van der Waals surface area (Å²) < 4.78 is 26.2. The van der Waals surface area contributed by atoms with Gasteiger partial charge in [0.1, 0.15) is 16.0 Å². The highest BCUT2D eigenvalue weighted by molar-refractivity contribution is 9.10. The zero-order valence-electron chi connectivity index (χ0n) is 10.5. The minimum absolute atomic E-state index is 0.00306. The van der Waals surface area contributed by atoms with Gasteiger partial charge in [-0.2, -0.15) is 0 Å². The SMILES string of the molecule is COc1ccc(C(F)(CN)C2CC2)c(OC)c1Br. The molecular formula is C13H17BrFNO2. The van der Waals surface area contributed by atoms with Crippen LogP contribution in [-0.2, 0) is 5.67 Å². The van der Waals surface area contributed by atoms with Crippen molar-refractivity contribution < 1.29 is 13.9 Å². The molecule has 2 rings (SSSR count). The molecule has 1 aromatic rings. The highest BCUT2D eigenvalue weighted by Gasteiger charge is 2.48. The van der Waals surface area contributed by atoms with Gasteiger partial charge in [-0.25, -0.2) is 4.39 Å². The zero-order valence-corrected chi connectivity index (χ0v) is 12.1. The molecule has 0 saturated heterocycles. The van der Waals surface area contributed by atoms with Gasteiger partial charge >= 0.3 is 0 Å². The molecule has 18 heavy (non-hydrogen) atoms. The summed E-state index contributed by atoms with van der Waals surface area (Å²) in [5.74, 6) is 1.08. The van der Waals surface area contributed by atoms with Gasteiger partial charge in [0.05, 0.1) is 14.2 Å². The van der Waals surface area contributed by atoms with Gasteiger partial charge in [0.25, 0.3) is 0 Å². The summed E-state index contributed by atoms with van der Waals surface area (Å²) in [7, 11) is 3.08. The van der Waals surface area contributed by atoms with E-state index >= 15 is 4.39 Å². The number of hydrogen-bond donors (Lipinski definition) is 1. The molecule has 5 heteroatoms. The maximum atomic E-state index is 15.0. The first-order chi connectivity index (χ1) is 8.58. The molecule has 1 saturated carbocycles. The lowest BCUT2D eigenvalue weighted by Crippen LogP contribution is -2.33. The van der Waals surface area contributed by atoms with Crippen molar-refractivity contribution in [2.75, 3.05) is 20.8 Å². The van der Waals surface area contributed by atoms with E-state index in [4.69, 9.17) is 15.2 Å². The molecule has 1 aliphatic rings. The maximum Gasteiger partial charge on any atom is 0.154 e. The lowest BCUT2D eigenvalue weighted by atomic mass is 9.90. The Labute approximate surface area is 115 Å². The second-order valence-corrected chi connectivity index (χ2v) is 5.30. The fraction of sp³-hybridized carbons (Fsp3) is 0.538. The summed E-state index contributed by atoms with van der Waals surface area (Å²) in [4.78, 5) is 0. The summed E-state index contributed by atoms with van der Waals surface area (Å²) in [6.45, 7) is -0.0349. The van der Waals surface area contributed by atoms with Gasteiger partial charge in [0.2, 0.25) is 0 Å². The van der Waals surface area contributed by atoms with Gasteiger partial charge in [-0.05, 0) is 46.8 Å². The molecule has 2 N–H and O–H groups in total. The van der Waals surface area contributed by atoms with Crippen LogP contribution in [0.4, 0.5) is 4.39 Å². The molecular weight excluding hydrogens is 301 g/mol. The minimum Gasteiger partial charge on any atom is -0.495 e. The zero-order chi connectivity index (χ0) is 13.3. The molecule has 0 aromatic heterocycles. The fourth-order valence-corrected chi connectivity index (χ4v) is 2.93. The van der Waals surface area contributed by atoms with Crippen LogP contribution in [0.1, 0.15) is 18.4 Å². The normalized spacial score (nSPS) is 18.3. The quantitative estimate of drug-likeness (QED) is 0.908. The van der Waals surface area contributed by atoms with Crippen LogP contribution < -0.4 is 15.2 Å². The third-order valence-electron chi connectivity index (χ3n) is 3.45. The Morgan fingerprint density at radius 2 is 2.06 bits per heavy atom. The van der Waals surface area contributed by atoms with E-state index in [1.807, 2.05) is 0 Å². The molecule has 0 amide bonds. The van der Waals surface area contributed by atoms with E-state index in [0.717, 1.165) is 12.8 Å². The molecule has 1 atom stereocenters. The predicted molar refractivity (Wildman–Crippen MR) is 71.8 cm³/mol. The molecule has 0 heterocycles. The molecule has 0 aliphatic heterocycles. The molecule has 3 nitrogen and oxygen atoms in total. The lowest BCUT2D eigenvalue weighted by Gasteiger charge is -2.27. The summed E-state index contributed by atoms with van der Waals surface area (Å²) in [6, 6.07) is 3.43. The number of hydrogen-bond acceptors (Lipinski definition) is 3. The number of nitrogens with two attached hydrogens (primary N) is 1. The van der Waals surface area contributed by atoms with Crippen LogP contribution in [0, 0.1) is 5.92 Å². The largest absolute Gasteiger partial charge is 0.495 e. The highest BCUT2D eigenvalue weighted by Crippen LogP contribution is 2.52. The number of methoxy groups -OCH3 is 2. The second-order valence-electron chi connectivity index (χ2n) is 4.50. The fourth-order valence-electron chi connectivity index (χ4n) is 2.26. The monoisotopic (exact) mass is 317 g/mol. The van der Waals surface area contributed by atoms with Gasteiger partial charge in [0.15, 0.2) is 5.67 Å². The van der Waals surface area contributed by atoms with Crippen molar-refractivity contribution >= 4 is 15.9 Å². The van der Waals surface area contributed by atoms with Crippen molar-refractivity contribution in [2.24, 2.45) is 11.7 Å². The molecule has 1 unspecified atom stereocenters. The third-order valence-corrected chi connectivity index (χ3v) is 4.21. The van der Waals surface area contributed by atoms with E-state index in [0.29, 0.717) is 21.5 Å². The third kappa shape index (κ3) is 2.10. The van der Waals surface area contributed by atoms with E-state index in [1.54, 1.807) is 19.2 Å². The van der Waals surface area contributed by atoms with Crippen molar-refractivity contribution in [3.63, 3.8) is 0 Å². The number of benzene rings is 1. The van der Waals surface area contributed by atoms with Crippen molar-refractivity contribution in [3.05, 3.63) is 22.2 Å². The van der Waals surface area contributed by atoms with Crippen LogP contribution >= 0.6 is 15.9 Å². The summed E-state index contributed by atoms with van der Waals surface area (Å²) in [5, 5.41) is 0. The highest BCUT2D eigenvalue weighted by atomic mass is 79.9. The standard InChI is InChI=1S/C13H17BrFNO2/c1-17-10-6-5-9(12(18-2)11(10)14)13(15,7-16)8-3-4-8/h5-6,8H,3-4,7,16H2,1-2H3. The van der Waals surface area contributed by atoms with Gasteiger partial charge in [-0.15, -0.1) is 0 Å². The maximum absolute atomic E-state index is 15.0. The Hall–Kier alpha value is -0.810. The molecule has 0 spiro atoms. The predicted octanol–water partition coefficient (Wildman–Crippen LogP) is 3.00. The molecule has 100 valence electrons. The topological polar surface area (TPSA) is 44.5 Å². The molecule has 1 aromatic carbocycles. The number of halogens is 2. The Morgan fingerprint density at radius 1 is 1.39 bits per heavy atom. The van der Waals surface area contributed by atoms with Crippen molar-refractivity contribution in [1.29, 1.82) is 0 Å². The van der Waals surface area contributed by atoms with E-state index in [2.05, 4.69) is 15.9 Å². The van der Waals surface area contributed by atoms with E-state index < -0.39 is 5.67 Å². The van der Waals surface area contributed by atoms with Crippen molar-refractivity contribution in [1.82, 2.24) is 0 Å². The first-order valence-electron chi connectivity index (χ1n) is 5.88. The Kier molecular flexibility index (Phi) is 3.82. The van der Waals surface area contributed by atoms with Crippen molar-refractivity contribution in [2.45, 2.75) is 18.5 Å². The van der Waals surface area contributed by atoms with Gasteiger partial charge in [0, 0.05) is 12.1 Å². The molecule has 0 bridgehead atoms. The Balaban J connectivity index is 2.53. The smallest absolute Gasteiger partial charge is 0.154 e. The molecule has 1 aliphatic carbocycles. The van der Waals surface area contributed by atoms with Crippen LogP contribution in [0.2, 0.25) is 0 Å². The Morgan fingerprint density at radius 3 is 2.50 bits per heavy atom. The molecule has 0 radical (unpaired) electrons. The number of alkyl halides is 1. The van der Waals surface area contributed by atoms with E-state index in [9.17, 15) is 0 Å². The van der Waals surface area contributed by atoms with E-state index in [1.165, 1.54) is 7.11 Å². The lowest BCUT2D eigenvalue weighted by molar-refractivity contribution is 0.138. The minimum atomic E-state index is -1.51. The average molecular weight is 318 g/mol. The van der Waals surface area contributed by atoms with Gasteiger partial charge in [-0.3, -0.25) is 0 Å². The van der Waals surface area contributed by atoms with Gasteiger partial charge in [-0.1, -0.05) is 0 Å². The molecule has 1 fully saturated rings. The van der Waals surface area contributed by atoms with E-state index in [-0.39, 0.29) is 12.5 Å². The summed E-state index contributed by atoms with van der Waals surface area (Å²) >= 11 is 3.39. The second kappa shape index (κ2) is 5.05. The van der Waals surface area contributed by atoms with Crippen LogP contribution in [0.3, 0.4) is 0 Å². The van der Waals surface area contributed by atoms with Crippen LogP contribution in [0.5, 0.6) is 11.5 Å². The number of rotatable bonds is 5.